The molecular formula is C12H13Cl2N3O. The Labute approximate surface area is 117 Å². The predicted octanol–water partition coefficient (Wildman–Crippen LogP) is 2.39. The van der Waals surface area contributed by atoms with E-state index in [4.69, 9.17) is 5.73 Å². The van der Waals surface area contributed by atoms with Gasteiger partial charge in [0.1, 0.15) is 5.69 Å². The Kier molecular flexibility index (Phi) is 6.30. The molecule has 0 unspecified atom stereocenters. The molecular weight excluding hydrogens is 273 g/mol. The topological polar surface area (TPSA) is 68.9 Å². The van der Waals surface area contributed by atoms with Gasteiger partial charge < -0.3 is 5.73 Å². The monoisotopic (exact) mass is 285 g/mol. The lowest BCUT2D eigenvalue weighted by molar-refractivity contribution is 0.0995. The van der Waals surface area contributed by atoms with E-state index in [1.54, 1.807) is 12.4 Å². The molecule has 0 aromatic carbocycles. The van der Waals surface area contributed by atoms with Crippen LogP contribution in [0.3, 0.4) is 0 Å². The van der Waals surface area contributed by atoms with Crippen molar-refractivity contribution in [3.63, 3.8) is 0 Å². The maximum absolute atomic E-state index is 11.1. The lowest BCUT2D eigenvalue weighted by Crippen LogP contribution is -2.15. The third-order valence-corrected chi connectivity index (χ3v) is 2.38. The Balaban J connectivity index is 0.00000144. The second-order valence-electron chi connectivity index (χ2n) is 3.41. The molecule has 0 spiro atoms. The summed E-state index contributed by atoms with van der Waals surface area (Å²) in [5.74, 6) is -0.518. The zero-order chi connectivity index (χ0) is 11.5. The highest BCUT2D eigenvalue weighted by Gasteiger charge is 2.11. The van der Waals surface area contributed by atoms with Gasteiger partial charge in [0.25, 0.3) is 5.91 Å². The summed E-state index contributed by atoms with van der Waals surface area (Å²) in [5.41, 5.74) is 7.98. The van der Waals surface area contributed by atoms with E-state index in [9.17, 15) is 4.79 Å². The number of hydrogen-bond donors (Lipinski definition) is 1. The fraction of sp³-hybridized carbons (Fsp3) is 0.0833. The first kappa shape index (κ1) is 16.4. The zero-order valence-electron chi connectivity index (χ0n) is 9.66. The number of primary amides is 1. The van der Waals surface area contributed by atoms with E-state index in [1.807, 2.05) is 31.2 Å². The Morgan fingerprint density at radius 3 is 2.39 bits per heavy atom. The SMILES string of the molecule is Cc1c(-c2ccccn2)ccnc1C(N)=O.Cl.Cl. The maximum atomic E-state index is 11.1. The van der Waals surface area contributed by atoms with Gasteiger partial charge in [0.15, 0.2) is 0 Å². The van der Waals surface area contributed by atoms with Crippen LogP contribution in [0.1, 0.15) is 16.1 Å². The average Bonchev–Trinajstić information content (AvgIpc) is 2.30. The van der Waals surface area contributed by atoms with E-state index in [1.165, 1.54) is 0 Å². The first-order valence-electron chi connectivity index (χ1n) is 4.87. The summed E-state index contributed by atoms with van der Waals surface area (Å²) in [4.78, 5) is 19.3. The highest BCUT2D eigenvalue weighted by Crippen LogP contribution is 2.21. The van der Waals surface area contributed by atoms with Gasteiger partial charge in [0.05, 0.1) is 5.69 Å². The Morgan fingerprint density at radius 1 is 1.11 bits per heavy atom. The summed E-state index contributed by atoms with van der Waals surface area (Å²) in [7, 11) is 0. The van der Waals surface area contributed by atoms with E-state index in [2.05, 4.69) is 9.97 Å². The number of amides is 1. The van der Waals surface area contributed by atoms with Crippen molar-refractivity contribution < 1.29 is 4.79 Å². The van der Waals surface area contributed by atoms with Gasteiger partial charge in [-0.15, -0.1) is 24.8 Å². The fourth-order valence-electron chi connectivity index (χ4n) is 1.58. The molecule has 0 fully saturated rings. The normalized spacial score (nSPS) is 8.94. The number of nitrogens with zero attached hydrogens (tertiary/aromatic N) is 2. The van der Waals surface area contributed by atoms with Crippen LogP contribution in [0.5, 0.6) is 0 Å². The van der Waals surface area contributed by atoms with Crippen molar-refractivity contribution >= 4 is 30.7 Å². The van der Waals surface area contributed by atoms with E-state index in [0.29, 0.717) is 5.69 Å². The Hall–Kier alpha value is -1.65. The quantitative estimate of drug-likeness (QED) is 0.921. The lowest BCUT2D eigenvalue weighted by Gasteiger charge is -2.07. The van der Waals surface area contributed by atoms with Crippen LogP contribution in [0, 0.1) is 6.92 Å². The van der Waals surface area contributed by atoms with Gasteiger partial charge in [-0.05, 0) is 30.7 Å². The molecule has 0 saturated heterocycles. The minimum absolute atomic E-state index is 0. The highest BCUT2D eigenvalue weighted by molar-refractivity contribution is 5.94. The average molecular weight is 286 g/mol. The van der Waals surface area contributed by atoms with Crippen molar-refractivity contribution in [3.05, 3.63) is 47.9 Å². The molecule has 2 aromatic heterocycles. The van der Waals surface area contributed by atoms with Crippen molar-refractivity contribution in [1.82, 2.24) is 9.97 Å². The molecule has 0 saturated carbocycles. The van der Waals surface area contributed by atoms with Gasteiger partial charge in [-0.1, -0.05) is 6.07 Å². The van der Waals surface area contributed by atoms with Gasteiger partial charge in [-0.2, -0.15) is 0 Å². The standard InChI is InChI=1S/C12H11N3O.2ClH/c1-8-9(10-4-2-3-6-14-10)5-7-15-11(8)12(13)16;;/h2-7H,1H3,(H2,13,16);2*1H. The van der Waals surface area contributed by atoms with Crippen molar-refractivity contribution in [2.45, 2.75) is 6.92 Å². The maximum Gasteiger partial charge on any atom is 0.267 e. The summed E-state index contributed by atoms with van der Waals surface area (Å²) in [6, 6.07) is 7.44. The number of carbonyl (C=O) groups excluding carboxylic acids is 1. The summed E-state index contributed by atoms with van der Waals surface area (Å²) in [6.07, 6.45) is 3.27. The number of hydrogen-bond acceptors (Lipinski definition) is 3. The molecule has 0 atom stereocenters. The van der Waals surface area contributed by atoms with Crippen LogP contribution in [-0.2, 0) is 0 Å². The molecule has 0 aliphatic rings. The van der Waals surface area contributed by atoms with Gasteiger partial charge in [0, 0.05) is 18.0 Å². The number of pyridine rings is 2. The number of carbonyl (C=O) groups is 1. The molecule has 4 nitrogen and oxygen atoms in total. The number of halogens is 2. The zero-order valence-corrected chi connectivity index (χ0v) is 11.3. The Morgan fingerprint density at radius 2 is 1.83 bits per heavy atom. The Bertz CT molecular complexity index is 532. The highest BCUT2D eigenvalue weighted by atomic mass is 35.5. The first-order chi connectivity index (χ1) is 7.70. The number of nitrogens with two attached hydrogens (primary N) is 1. The van der Waals surface area contributed by atoms with Gasteiger partial charge >= 0.3 is 0 Å². The minimum atomic E-state index is -0.518. The van der Waals surface area contributed by atoms with Crippen molar-refractivity contribution in [3.8, 4) is 11.3 Å². The summed E-state index contributed by atoms with van der Waals surface area (Å²) in [6.45, 7) is 1.82. The molecule has 2 heterocycles. The second kappa shape index (κ2) is 6.93. The number of rotatable bonds is 2. The molecule has 96 valence electrons. The van der Waals surface area contributed by atoms with Crippen molar-refractivity contribution in [1.29, 1.82) is 0 Å². The molecule has 1 amide bonds. The van der Waals surface area contributed by atoms with Gasteiger partial charge in [-0.3, -0.25) is 14.8 Å². The summed E-state index contributed by atoms with van der Waals surface area (Å²) in [5, 5.41) is 0. The molecule has 0 radical (unpaired) electrons. The fourth-order valence-corrected chi connectivity index (χ4v) is 1.58. The smallest absolute Gasteiger partial charge is 0.267 e. The lowest BCUT2D eigenvalue weighted by atomic mass is 10.0. The van der Waals surface area contributed by atoms with Gasteiger partial charge in [-0.25, -0.2) is 0 Å². The molecule has 6 heteroatoms. The molecule has 2 rings (SSSR count). The second-order valence-corrected chi connectivity index (χ2v) is 3.41. The van der Waals surface area contributed by atoms with E-state index < -0.39 is 5.91 Å². The largest absolute Gasteiger partial charge is 0.364 e. The van der Waals surface area contributed by atoms with Crippen LogP contribution >= 0.6 is 24.8 Å². The number of aromatic nitrogens is 2. The molecule has 0 aliphatic carbocycles. The molecule has 2 aromatic rings. The van der Waals surface area contributed by atoms with E-state index >= 15 is 0 Å². The van der Waals surface area contributed by atoms with Gasteiger partial charge in [0.2, 0.25) is 0 Å². The molecule has 0 aliphatic heterocycles. The van der Waals surface area contributed by atoms with Crippen molar-refractivity contribution in [2.24, 2.45) is 5.73 Å². The van der Waals surface area contributed by atoms with Crippen molar-refractivity contribution in [2.75, 3.05) is 0 Å². The minimum Gasteiger partial charge on any atom is -0.364 e. The third kappa shape index (κ3) is 3.18. The van der Waals surface area contributed by atoms with Crippen LogP contribution in [0.15, 0.2) is 36.7 Å². The summed E-state index contributed by atoms with van der Waals surface area (Å²) < 4.78 is 0. The van der Waals surface area contributed by atoms with Crippen LogP contribution < -0.4 is 5.73 Å². The summed E-state index contributed by atoms with van der Waals surface area (Å²) >= 11 is 0. The first-order valence-corrected chi connectivity index (χ1v) is 4.87. The van der Waals surface area contributed by atoms with Crippen LogP contribution in [0.4, 0.5) is 0 Å². The van der Waals surface area contributed by atoms with Crippen LogP contribution in [-0.4, -0.2) is 15.9 Å². The van der Waals surface area contributed by atoms with E-state index in [-0.39, 0.29) is 24.8 Å². The molecule has 18 heavy (non-hydrogen) atoms. The van der Waals surface area contributed by atoms with Crippen LogP contribution in [0.25, 0.3) is 11.3 Å². The van der Waals surface area contributed by atoms with E-state index in [0.717, 1.165) is 16.8 Å². The van der Waals surface area contributed by atoms with Crippen LogP contribution in [0.2, 0.25) is 0 Å². The third-order valence-electron chi connectivity index (χ3n) is 2.38. The molecule has 0 bridgehead atoms. The predicted molar refractivity (Wildman–Crippen MR) is 75.2 cm³/mol. The molecule has 2 N–H and O–H groups in total.